The fourth-order valence-corrected chi connectivity index (χ4v) is 4.33. The van der Waals surface area contributed by atoms with Crippen LogP contribution >= 0.6 is 11.8 Å². The van der Waals surface area contributed by atoms with E-state index in [4.69, 9.17) is 5.73 Å². The van der Waals surface area contributed by atoms with E-state index in [2.05, 4.69) is 10.2 Å². The molecule has 2 rings (SSSR count). The summed E-state index contributed by atoms with van der Waals surface area (Å²) in [4.78, 5) is 14.9. The van der Waals surface area contributed by atoms with E-state index in [1.807, 2.05) is 32.5 Å². The molecule has 1 atom stereocenters. The van der Waals surface area contributed by atoms with Crippen LogP contribution in [0.2, 0.25) is 0 Å². The molecule has 0 bridgehead atoms. The van der Waals surface area contributed by atoms with Crippen LogP contribution in [0.1, 0.15) is 46.5 Å². The molecule has 0 spiro atoms. The molecule has 3 N–H and O–H groups in total. The minimum Gasteiger partial charge on any atom is -0.353 e. The van der Waals surface area contributed by atoms with Crippen LogP contribution in [-0.2, 0) is 4.79 Å². The lowest BCUT2D eigenvalue weighted by atomic mass is 9.86. The van der Waals surface area contributed by atoms with Crippen molar-refractivity contribution in [3.63, 3.8) is 0 Å². The Morgan fingerprint density at radius 2 is 1.86 bits per heavy atom. The predicted octanol–water partition coefficient (Wildman–Crippen LogP) is 1.84. The first kappa shape index (κ1) is 17.1. The van der Waals surface area contributed by atoms with Crippen molar-refractivity contribution < 1.29 is 4.79 Å². The molecule has 4 nitrogen and oxygen atoms in total. The molecule has 1 saturated carbocycles. The molecular weight excluding hydrogens is 282 g/mol. The van der Waals surface area contributed by atoms with E-state index < -0.39 is 6.04 Å². The molecule has 1 saturated heterocycles. The van der Waals surface area contributed by atoms with E-state index in [0.717, 1.165) is 19.6 Å². The summed E-state index contributed by atoms with van der Waals surface area (Å²) in [7, 11) is 0. The van der Waals surface area contributed by atoms with Gasteiger partial charge in [0.05, 0.1) is 6.04 Å². The van der Waals surface area contributed by atoms with Crippen LogP contribution in [0.5, 0.6) is 0 Å². The van der Waals surface area contributed by atoms with Gasteiger partial charge in [0, 0.05) is 36.7 Å². The lowest BCUT2D eigenvalue weighted by Gasteiger charge is -2.44. The maximum atomic E-state index is 12.3. The minimum absolute atomic E-state index is 0.000148. The number of nitrogens with zero attached hydrogens (tertiary/aromatic N) is 1. The lowest BCUT2D eigenvalue weighted by Crippen LogP contribution is -2.59. The number of nitrogens with one attached hydrogen (secondary N) is 1. The zero-order chi connectivity index (χ0) is 15.5. The van der Waals surface area contributed by atoms with Gasteiger partial charge < -0.3 is 11.1 Å². The number of nitrogens with two attached hydrogens (primary N) is 1. The van der Waals surface area contributed by atoms with Crippen molar-refractivity contribution in [1.82, 2.24) is 10.2 Å². The first-order valence-electron chi connectivity index (χ1n) is 8.21. The van der Waals surface area contributed by atoms with Crippen molar-refractivity contribution in [1.29, 1.82) is 0 Å². The van der Waals surface area contributed by atoms with Gasteiger partial charge in [-0.25, -0.2) is 0 Å². The molecule has 1 heterocycles. The monoisotopic (exact) mass is 313 g/mol. The average Bonchev–Trinajstić information content (AvgIpc) is 2.94. The fourth-order valence-electron chi connectivity index (χ4n) is 3.43. The lowest BCUT2D eigenvalue weighted by molar-refractivity contribution is -0.125. The number of amides is 1. The summed E-state index contributed by atoms with van der Waals surface area (Å²) in [6, 6.07) is -0.437. The molecular formula is C16H31N3OS. The van der Waals surface area contributed by atoms with Crippen LogP contribution in [-0.4, -0.2) is 53.5 Å². The van der Waals surface area contributed by atoms with Gasteiger partial charge in [0.15, 0.2) is 0 Å². The number of rotatable bonds is 4. The molecule has 5 heteroatoms. The van der Waals surface area contributed by atoms with Gasteiger partial charge in [-0.05, 0) is 18.3 Å². The summed E-state index contributed by atoms with van der Waals surface area (Å²) < 4.78 is 0. The second-order valence-corrected chi connectivity index (χ2v) is 8.82. The van der Waals surface area contributed by atoms with Gasteiger partial charge in [0.1, 0.15) is 0 Å². The van der Waals surface area contributed by atoms with Crippen LogP contribution in [0.4, 0.5) is 0 Å². The number of hydrogen-bond acceptors (Lipinski definition) is 4. The van der Waals surface area contributed by atoms with Gasteiger partial charge in [-0.3, -0.25) is 9.69 Å². The highest BCUT2D eigenvalue weighted by Gasteiger charge is 2.40. The highest BCUT2D eigenvalue weighted by Crippen LogP contribution is 2.36. The summed E-state index contributed by atoms with van der Waals surface area (Å²) in [6.07, 6.45) is 4.99. The van der Waals surface area contributed by atoms with Crippen molar-refractivity contribution >= 4 is 17.7 Å². The molecule has 21 heavy (non-hydrogen) atoms. The Balaban J connectivity index is 1.95. The van der Waals surface area contributed by atoms with E-state index in [1.54, 1.807) is 0 Å². The first-order valence-corrected chi connectivity index (χ1v) is 9.37. The average molecular weight is 314 g/mol. The van der Waals surface area contributed by atoms with Gasteiger partial charge in [0.2, 0.25) is 5.91 Å². The molecule has 1 aliphatic carbocycles. The summed E-state index contributed by atoms with van der Waals surface area (Å²) in [6.45, 7) is 9.14. The third-order valence-corrected chi connectivity index (χ3v) is 5.97. The van der Waals surface area contributed by atoms with E-state index in [1.165, 1.54) is 37.2 Å². The fraction of sp³-hybridized carbons (Fsp3) is 0.938. The maximum absolute atomic E-state index is 12.3. The van der Waals surface area contributed by atoms with Crippen molar-refractivity contribution in [3.05, 3.63) is 0 Å². The third-order valence-electron chi connectivity index (χ3n) is 5.02. The standard InChI is InChI=1S/C16H31N3OS/c1-15(2,3)13(17)14(20)18-12-16(6-4-5-7-16)19-8-10-21-11-9-19/h13H,4-12,17H2,1-3H3,(H,18,20)/t13-/m1/s1. The Bertz CT molecular complexity index is 355. The number of thioether (sulfide) groups is 1. The van der Waals surface area contributed by atoms with Crippen LogP contribution < -0.4 is 11.1 Å². The molecule has 1 aliphatic heterocycles. The quantitative estimate of drug-likeness (QED) is 0.831. The molecule has 0 radical (unpaired) electrons. The summed E-state index contributed by atoms with van der Waals surface area (Å²) in [5.41, 5.74) is 6.07. The second-order valence-electron chi connectivity index (χ2n) is 7.59. The molecule has 0 unspecified atom stereocenters. The molecule has 122 valence electrons. The number of carbonyl (C=O) groups is 1. The Hall–Kier alpha value is -0.260. The van der Waals surface area contributed by atoms with Gasteiger partial charge in [0.25, 0.3) is 0 Å². The van der Waals surface area contributed by atoms with E-state index in [9.17, 15) is 4.79 Å². The smallest absolute Gasteiger partial charge is 0.237 e. The first-order chi connectivity index (χ1) is 9.85. The van der Waals surface area contributed by atoms with Crippen molar-refractivity contribution in [3.8, 4) is 0 Å². The molecule has 2 aliphatic rings. The van der Waals surface area contributed by atoms with Gasteiger partial charge in [-0.1, -0.05) is 33.6 Å². The van der Waals surface area contributed by atoms with Crippen LogP contribution in [0.3, 0.4) is 0 Å². The minimum atomic E-state index is -0.437. The molecule has 0 aromatic heterocycles. The van der Waals surface area contributed by atoms with Gasteiger partial charge in [-0.15, -0.1) is 0 Å². The topological polar surface area (TPSA) is 58.4 Å². The Morgan fingerprint density at radius 3 is 2.38 bits per heavy atom. The van der Waals surface area contributed by atoms with Crippen LogP contribution in [0.15, 0.2) is 0 Å². The number of hydrogen-bond donors (Lipinski definition) is 2. The highest BCUT2D eigenvalue weighted by molar-refractivity contribution is 7.99. The Labute approximate surface area is 133 Å². The number of carbonyl (C=O) groups excluding carboxylic acids is 1. The largest absolute Gasteiger partial charge is 0.353 e. The van der Waals surface area contributed by atoms with Gasteiger partial charge >= 0.3 is 0 Å². The molecule has 0 aromatic carbocycles. The predicted molar refractivity (Wildman–Crippen MR) is 90.5 cm³/mol. The van der Waals surface area contributed by atoms with Crippen LogP contribution in [0.25, 0.3) is 0 Å². The SMILES string of the molecule is CC(C)(C)[C@H](N)C(=O)NCC1(N2CCSCC2)CCCC1. The Morgan fingerprint density at radius 1 is 1.29 bits per heavy atom. The van der Waals surface area contributed by atoms with E-state index >= 15 is 0 Å². The zero-order valence-corrected chi connectivity index (χ0v) is 14.6. The Kier molecular flexibility index (Phi) is 5.60. The molecule has 1 amide bonds. The summed E-state index contributed by atoms with van der Waals surface area (Å²) in [5, 5.41) is 3.16. The van der Waals surface area contributed by atoms with Gasteiger partial charge in [-0.2, -0.15) is 11.8 Å². The van der Waals surface area contributed by atoms with E-state index in [0.29, 0.717) is 0 Å². The van der Waals surface area contributed by atoms with Crippen molar-refractivity contribution in [2.24, 2.45) is 11.1 Å². The highest BCUT2D eigenvalue weighted by atomic mass is 32.2. The molecule has 0 aromatic rings. The molecule has 2 fully saturated rings. The third kappa shape index (κ3) is 4.14. The second kappa shape index (κ2) is 6.88. The van der Waals surface area contributed by atoms with Crippen molar-refractivity contribution in [2.75, 3.05) is 31.1 Å². The maximum Gasteiger partial charge on any atom is 0.237 e. The van der Waals surface area contributed by atoms with E-state index in [-0.39, 0.29) is 16.9 Å². The zero-order valence-electron chi connectivity index (χ0n) is 13.8. The van der Waals surface area contributed by atoms with Crippen molar-refractivity contribution in [2.45, 2.75) is 58.0 Å². The van der Waals surface area contributed by atoms with Crippen LogP contribution in [0, 0.1) is 5.41 Å². The summed E-state index contributed by atoms with van der Waals surface area (Å²) >= 11 is 2.04. The summed E-state index contributed by atoms with van der Waals surface area (Å²) in [5.74, 6) is 2.44. The normalized spacial score (nSPS) is 24.8.